The van der Waals surface area contributed by atoms with E-state index in [4.69, 9.17) is 4.74 Å². The smallest absolute Gasteiger partial charge is 0.325 e. The van der Waals surface area contributed by atoms with Crippen molar-refractivity contribution >= 4 is 17.8 Å². The van der Waals surface area contributed by atoms with Crippen LogP contribution in [0, 0.1) is 0 Å². The van der Waals surface area contributed by atoms with Gasteiger partial charge in [-0.15, -0.1) is 0 Å². The van der Waals surface area contributed by atoms with E-state index in [0.29, 0.717) is 32.7 Å². The van der Waals surface area contributed by atoms with E-state index in [-0.39, 0.29) is 18.4 Å². The van der Waals surface area contributed by atoms with E-state index in [1.165, 1.54) is 7.11 Å². The van der Waals surface area contributed by atoms with Gasteiger partial charge in [-0.3, -0.25) is 14.5 Å². The molecule has 1 atom stereocenters. The highest BCUT2D eigenvalue weighted by Crippen LogP contribution is 2.23. The zero-order chi connectivity index (χ0) is 13.9. The van der Waals surface area contributed by atoms with Crippen molar-refractivity contribution < 1.29 is 19.1 Å². The van der Waals surface area contributed by atoms with Crippen molar-refractivity contribution in [3.8, 4) is 0 Å². The first-order valence-corrected chi connectivity index (χ1v) is 6.19. The average Bonchev–Trinajstić information content (AvgIpc) is 2.92. The zero-order valence-electron chi connectivity index (χ0n) is 10.8. The van der Waals surface area contributed by atoms with E-state index < -0.39 is 11.6 Å². The molecule has 0 bridgehead atoms. The lowest BCUT2D eigenvalue weighted by atomic mass is 9.99. The highest BCUT2D eigenvalue weighted by atomic mass is 16.5. The third-order valence-corrected chi connectivity index (χ3v) is 3.33. The number of nitrogens with zero attached hydrogens (tertiary/aromatic N) is 1. The van der Waals surface area contributed by atoms with E-state index in [0.717, 1.165) is 4.90 Å². The second kappa shape index (κ2) is 5.54. The van der Waals surface area contributed by atoms with Crippen LogP contribution in [-0.4, -0.2) is 68.2 Å². The summed E-state index contributed by atoms with van der Waals surface area (Å²) in [6.45, 7) is 1.58. The minimum Gasteiger partial charge on any atom is -0.383 e. The summed E-state index contributed by atoms with van der Waals surface area (Å²) in [5, 5.41) is 8.29. The maximum atomic E-state index is 12.2. The summed E-state index contributed by atoms with van der Waals surface area (Å²) >= 11 is 0. The van der Waals surface area contributed by atoms with Crippen LogP contribution in [0.3, 0.4) is 0 Å². The molecule has 0 aromatic heterocycles. The van der Waals surface area contributed by atoms with Gasteiger partial charge in [-0.05, 0) is 13.0 Å². The number of imide groups is 1. The van der Waals surface area contributed by atoms with Gasteiger partial charge >= 0.3 is 6.03 Å². The average molecular weight is 270 g/mol. The highest BCUT2D eigenvalue weighted by Gasteiger charge is 2.52. The molecule has 8 nitrogen and oxygen atoms in total. The fraction of sp³-hybridized carbons (Fsp3) is 0.727. The van der Waals surface area contributed by atoms with Gasteiger partial charge in [0, 0.05) is 20.2 Å². The Morgan fingerprint density at radius 2 is 2.32 bits per heavy atom. The molecule has 19 heavy (non-hydrogen) atoms. The summed E-state index contributed by atoms with van der Waals surface area (Å²) in [4.78, 5) is 36.6. The number of hydrogen-bond acceptors (Lipinski definition) is 5. The largest absolute Gasteiger partial charge is 0.383 e. The molecule has 4 amide bonds. The van der Waals surface area contributed by atoms with Crippen LogP contribution in [0.2, 0.25) is 0 Å². The first-order chi connectivity index (χ1) is 9.09. The maximum absolute atomic E-state index is 12.2. The van der Waals surface area contributed by atoms with Gasteiger partial charge < -0.3 is 20.7 Å². The molecular weight excluding hydrogens is 252 g/mol. The van der Waals surface area contributed by atoms with Gasteiger partial charge in [0.25, 0.3) is 5.91 Å². The summed E-state index contributed by atoms with van der Waals surface area (Å²) < 4.78 is 4.80. The van der Waals surface area contributed by atoms with Crippen molar-refractivity contribution in [2.75, 3.05) is 39.9 Å². The molecule has 106 valence electrons. The molecule has 0 aromatic rings. The van der Waals surface area contributed by atoms with E-state index >= 15 is 0 Å². The molecule has 2 saturated heterocycles. The summed E-state index contributed by atoms with van der Waals surface area (Å²) in [6.07, 6.45) is 0.555. The van der Waals surface area contributed by atoms with Crippen LogP contribution in [0.5, 0.6) is 0 Å². The third-order valence-electron chi connectivity index (χ3n) is 3.33. The summed E-state index contributed by atoms with van der Waals surface area (Å²) in [5.41, 5.74) is -0.857. The van der Waals surface area contributed by atoms with Crippen LogP contribution in [0.4, 0.5) is 4.79 Å². The molecule has 3 N–H and O–H groups in total. The first kappa shape index (κ1) is 13.8. The monoisotopic (exact) mass is 270 g/mol. The second-order valence-electron chi connectivity index (χ2n) is 4.67. The van der Waals surface area contributed by atoms with Crippen LogP contribution in [0.15, 0.2) is 0 Å². The summed E-state index contributed by atoms with van der Waals surface area (Å²) in [5.74, 6) is -0.701. The molecule has 1 spiro atoms. The van der Waals surface area contributed by atoms with Gasteiger partial charge in [0.15, 0.2) is 0 Å². The van der Waals surface area contributed by atoms with Crippen molar-refractivity contribution in [2.45, 2.75) is 12.0 Å². The Morgan fingerprint density at radius 3 is 2.95 bits per heavy atom. The van der Waals surface area contributed by atoms with E-state index in [9.17, 15) is 14.4 Å². The molecule has 2 fully saturated rings. The molecule has 2 aliphatic heterocycles. The molecule has 0 radical (unpaired) electrons. The van der Waals surface area contributed by atoms with Crippen molar-refractivity contribution in [1.82, 2.24) is 20.9 Å². The summed E-state index contributed by atoms with van der Waals surface area (Å²) in [7, 11) is 1.53. The molecule has 0 aromatic carbocycles. The van der Waals surface area contributed by atoms with Gasteiger partial charge in [0.1, 0.15) is 12.1 Å². The van der Waals surface area contributed by atoms with Crippen molar-refractivity contribution in [2.24, 2.45) is 0 Å². The fourth-order valence-electron chi connectivity index (χ4n) is 2.29. The molecule has 2 aliphatic rings. The minimum atomic E-state index is -0.857. The van der Waals surface area contributed by atoms with Gasteiger partial charge in [-0.1, -0.05) is 0 Å². The Bertz CT molecular complexity index is 392. The van der Waals surface area contributed by atoms with Crippen LogP contribution in [-0.2, 0) is 14.3 Å². The molecule has 0 aliphatic carbocycles. The quantitative estimate of drug-likeness (QED) is 0.397. The molecule has 1 unspecified atom stereocenters. The van der Waals surface area contributed by atoms with Gasteiger partial charge in [-0.2, -0.15) is 0 Å². The molecule has 2 heterocycles. The van der Waals surface area contributed by atoms with E-state index in [2.05, 4.69) is 16.0 Å². The Kier molecular flexibility index (Phi) is 4.01. The first-order valence-electron chi connectivity index (χ1n) is 6.19. The third kappa shape index (κ3) is 2.69. The number of rotatable bonds is 5. The standard InChI is InChI=1S/C11H18N4O4/c1-19-5-4-13-8(16)6-15-9(17)11(14-10(15)18)2-3-12-7-11/h12H,2-7H2,1H3,(H,13,16)(H,14,18). The highest BCUT2D eigenvalue weighted by molar-refractivity contribution is 6.09. The SMILES string of the molecule is COCCNC(=O)CN1C(=O)NC2(CCNC2)C1=O. The number of carbonyl (C=O) groups excluding carboxylic acids is 3. The number of amides is 4. The van der Waals surface area contributed by atoms with Crippen LogP contribution >= 0.6 is 0 Å². The molecule has 2 rings (SSSR count). The number of ether oxygens (including phenoxy) is 1. The number of urea groups is 1. The van der Waals surface area contributed by atoms with Crippen LogP contribution in [0.1, 0.15) is 6.42 Å². The Labute approximate surface area is 110 Å². The predicted molar refractivity (Wildman–Crippen MR) is 65.3 cm³/mol. The zero-order valence-corrected chi connectivity index (χ0v) is 10.8. The Balaban J connectivity index is 1.92. The lowest BCUT2D eigenvalue weighted by molar-refractivity contribution is -0.134. The minimum absolute atomic E-state index is 0.254. The number of hydrogen-bond donors (Lipinski definition) is 3. The Morgan fingerprint density at radius 1 is 1.53 bits per heavy atom. The second-order valence-corrected chi connectivity index (χ2v) is 4.67. The fourth-order valence-corrected chi connectivity index (χ4v) is 2.29. The van der Waals surface area contributed by atoms with Gasteiger partial charge in [0.05, 0.1) is 6.61 Å². The predicted octanol–water partition coefficient (Wildman–Crippen LogP) is -1.97. The van der Waals surface area contributed by atoms with Crippen molar-refractivity contribution in [3.63, 3.8) is 0 Å². The van der Waals surface area contributed by atoms with Gasteiger partial charge in [0.2, 0.25) is 5.91 Å². The van der Waals surface area contributed by atoms with Crippen molar-refractivity contribution in [1.29, 1.82) is 0 Å². The lowest BCUT2D eigenvalue weighted by Crippen LogP contribution is -2.49. The van der Waals surface area contributed by atoms with E-state index in [1.54, 1.807) is 0 Å². The normalized spacial score (nSPS) is 26.1. The molecular formula is C11H18N4O4. The Hall–Kier alpha value is -1.67. The number of carbonyl (C=O) groups is 3. The van der Waals surface area contributed by atoms with Crippen LogP contribution in [0.25, 0.3) is 0 Å². The van der Waals surface area contributed by atoms with E-state index in [1.807, 2.05) is 0 Å². The number of methoxy groups -OCH3 is 1. The van der Waals surface area contributed by atoms with Gasteiger partial charge in [-0.25, -0.2) is 4.79 Å². The topological polar surface area (TPSA) is 99.8 Å². The number of nitrogens with one attached hydrogen (secondary N) is 3. The maximum Gasteiger partial charge on any atom is 0.325 e. The molecule has 0 saturated carbocycles. The lowest BCUT2D eigenvalue weighted by Gasteiger charge is -2.19. The van der Waals surface area contributed by atoms with Crippen molar-refractivity contribution in [3.05, 3.63) is 0 Å². The van der Waals surface area contributed by atoms with Crippen LogP contribution < -0.4 is 16.0 Å². The molecule has 8 heteroatoms. The summed E-state index contributed by atoms with van der Waals surface area (Å²) in [6, 6.07) is -0.504.